The second kappa shape index (κ2) is 10.8. The molecule has 1 aliphatic heterocycles. The Morgan fingerprint density at radius 3 is 2.47 bits per heavy atom. The first kappa shape index (κ1) is 22.6. The van der Waals surface area contributed by atoms with Crippen molar-refractivity contribution in [3.05, 3.63) is 70.7 Å². The lowest BCUT2D eigenvalue weighted by atomic mass is 10.1. The van der Waals surface area contributed by atoms with E-state index in [1.165, 1.54) is 16.8 Å². The zero-order valence-corrected chi connectivity index (χ0v) is 20.0. The Kier molecular flexibility index (Phi) is 7.63. The van der Waals surface area contributed by atoms with Crippen LogP contribution in [0.4, 0.5) is 10.8 Å². The number of aromatic nitrogens is 1. The molecular weight excluding hydrogens is 420 g/mol. The summed E-state index contributed by atoms with van der Waals surface area (Å²) in [6, 6.07) is 17.0. The van der Waals surface area contributed by atoms with Gasteiger partial charge in [-0.3, -0.25) is 4.90 Å². The molecule has 0 amide bonds. The normalized spacial score (nSPS) is 14.3. The molecule has 1 saturated heterocycles. The third-order valence-corrected chi connectivity index (χ3v) is 6.56. The summed E-state index contributed by atoms with van der Waals surface area (Å²) in [6.45, 7) is 6.00. The highest BCUT2D eigenvalue weighted by Crippen LogP contribution is 2.27. The molecule has 2 aromatic carbocycles. The van der Waals surface area contributed by atoms with E-state index in [4.69, 9.17) is 14.5 Å². The van der Waals surface area contributed by atoms with Gasteiger partial charge < -0.3 is 19.3 Å². The molecule has 0 aliphatic carbocycles. The maximum absolute atomic E-state index is 5.48. The van der Waals surface area contributed by atoms with Crippen molar-refractivity contribution in [1.82, 2.24) is 9.88 Å². The minimum atomic E-state index is 0.772. The summed E-state index contributed by atoms with van der Waals surface area (Å²) in [7, 11) is 5.86. The largest absolute Gasteiger partial charge is 0.497 e. The monoisotopic (exact) mass is 452 g/mol. The molecule has 3 aromatic rings. The van der Waals surface area contributed by atoms with Gasteiger partial charge in [-0.05, 0) is 35.4 Å². The summed E-state index contributed by atoms with van der Waals surface area (Å²) in [6.07, 6.45) is 0. The lowest BCUT2D eigenvalue weighted by Gasteiger charge is -2.26. The molecule has 2 heterocycles. The Bertz CT molecular complexity index is 1000. The maximum Gasteiger partial charge on any atom is 0.186 e. The standard InChI is InChI=1S/C25H32N4O2S/c1-27(2)23-8-4-6-20(14-23)16-29(17-21-7-5-9-24(15-21)30-3)25-26-22(19-32-25)18-28-10-12-31-13-11-28/h4-9,14-15,19H,10-13,16-18H2,1-3H3. The van der Waals surface area contributed by atoms with E-state index in [0.29, 0.717) is 0 Å². The van der Waals surface area contributed by atoms with Crippen LogP contribution < -0.4 is 14.5 Å². The van der Waals surface area contributed by atoms with Crippen LogP contribution in [0.25, 0.3) is 0 Å². The predicted molar refractivity (Wildman–Crippen MR) is 132 cm³/mol. The smallest absolute Gasteiger partial charge is 0.186 e. The number of methoxy groups -OCH3 is 1. The van der Waals surface area contributed by atoms with E-state index < -0.39 is 0 Å². The van der Waals surface area contributed by atoms with Crippen molar-refractivity contribution in [2.75, 3.05) is 57.3 Å². The van der Waals surface area contributed by atoms with Crippen molar-refractivity contribution in [3.8, 4) is 5.75 Å². The third kappa shape index (κ3) is 6.00. The highest BCUT2D eigenvalue weighted by Gasteiger charge is 2.17. The van der Waals surface area contributed by atoms with E-state index in [2.05, 4.69) is 70.6 Å². The molecule has 6 nitrogen and oxygen atoms in total. The van der Waals surface area contributed by atoms with E-state index in [1.807, 2.05) is 12.1 Å². The Morgan fingerprint density at radius 1 is 1.03 bits per heavy atom. The van der Waals surface area contributed by atoms with Crippen LogP contribution in [0.3, 0.4) is 0 Å². The van der Waals surface area contributed by atoms with Gasteiger partial charge in [-0.1, -0.05) is 24.3 Å². The van der Waals surface area contributed by atoms with Gasteiger partial charge in [-0.15, -0.1) is 11.3 Å². The molecule has 0 atom stereocenters. The number of thiazole rings is 1. The Labute approximate surface area is 195 Å². The van der Waals surface area contributed by atoms with E-state index in [1.54, 1.807) is 18.4 Å². The van der Waals surface area contributed by atoms with E-state index in [-0.39, 0.29) is 0 Å². The molecule has 0 N–H and O–H groups in total. The second-order valence-corrected chi connectivity index (χ2v) is 9.12. The lowest BCUT2D eigenvalue weighted by Crippen LogP contribution is -2.35. The van der Waals surface area contributed by atoms with Crippen molar-refractivity contribution in [2.24, 2.45) is 0 Å². The Morgan fingerprint density at radius 2 is 1.75 bits per heavy atom. The molecule has 32 heavy (non-hydrogen) atoms. The highest BCUT2D eigenvalue weighted by atomic mass is 32.1. The molecule has 0 bridgehead atoms. The van der Waals surface area contributed by atoms with Crippen LogP contribution in [-0.2, 0) is 24.4 Å². The number of hydrogen-bond acceptors (Lipinski definition) is 7. The fourth-order valence-electron chi connectivity index (χ4n) is 3.84. The van der Waals surface area contributed by atoms with Gasteiger partial charge in [0.2, 0.25) is 0 Å². The number of anilines is 2. The van der Waals surface area contributed by atoms with Crippen LogP contribution in [0.1, 0.15) is 16.8 Å². The number of ether oxygens (including phenoxy) is 2. The summed E-state index contributed by atoms with van der Waals surface area (Å²) < 4.78 is 10.9. The topological polar surface area (TPSA) is 41.1 Å². The van der Waals surface area contributed by atoms with Gasteiger partial charge in [0.05, 0.1) is 26.0 Å². The van der Waals surface area contributed by atoms with Gasteiger partial charge in [0, 0.05) is 57.9 Å². The Balaban J connectivity index is 1.56. The zero-order chi connectivity index (χ0) is 22.3. The lowest BCUT2D eigenvalue weighted by molar-refractivity contribution is 0.0337. The minimum Gasteiger partial charge on any atom is -0.497 e. The minimum absolute atomic E-state index is 0.772. The van der Waals surface area contributed by atoms with Gasteiger partial charge in [0.25, 0.3) is 0 Å². The van der Waals surface area contributed by atoms with Gasteiger partial charge >= 0.3 is 0 Å². The summed E-state index contributed by atoms with van der Waals surface area (Å²) in [4.78, 5) is 11.9. The van der Waals surface area contributed by atoms with Crippen LogP contribution in [0.5, 0.6) is 5.75 Å². The number of nitrogens with zero attached hydrogens (tertiary/aromatic N) is 4. The van der Waals surface area contributed by atoms with Crippen LogP contribution in [-0.4, -0.2) is 57.4 Å². The fourth-order valence-corrected chi connectivity index (χ4v) is 4.66. The van der Waals surface area contributed by atoms with Gasteiger partial charge in [-0.25, -0.2) is 4.98 Å². The molecule has 0 spiro atoms. The van der Waals surface area contributed by atoms with Crippen LogP contribution in [0, 0.1) is 0 Å². The molecule has 0 radical (unpaired) electrons. The molecule has 1 fully saturated rings. The van der Waals surface area contributed by atoms with Crippen LogP contribution in [0.2, 0.25) is 0 Å². The maximum atomic E-state index is 5.48. The molecule has 1 aliphatic rings. The van der Waals surface area contributed by atoms with Crippen LogP contribution in [0.15, 0.2) is 53.9 Å². The fraction of sp³-hybridized carbons (Fsp3) is 0.400. The SMILES string of the molecule is COc1cccc(CN(Cc2cccc(N(C)C)c2)c2nc(CN3CCOCC3)cs2)c1. The average Bonchev–Trinajstić information content (AvgIpc) is 3.28. The van der Waals surface area contributed by atoms with Gasteiger partial charge in [-0.2, -0.15) is 0 Å². The molecule has 170 valence electrons. The first-order chi connectivity index (χ1) is 15.6. The molecular formula is C25H32N4O2S. The van der Waals surface area contributed by atoms with Crippen molar-refractivity contribution in [1.29, 1.82) is 0 Å². The average molecular weight is 453 g/mol. The summed E-state index contributed by atoms with van der Waals surface area (Å²) in [5.41, 5.74) is 4.81. The number of hydrogen-bond donors (Lipinski definition) is 0. The van der Waals surface area contributed by atoms with Crippen molar-refractivity contribution >= 4 is 22.2 Å². The number of morpholine rings is 1. The van der Waals surface area contributed by atoms with Gasteiger partial charge in [0.15, 0.2) is 5.13 Å². The molecule has 4 rings (SSSR count). The summed E-state index contributed by atoms with van der Waals surface area (Å²) >= 11 is 1.72. The first-order valence-corrected chi connectivity index (χ1v) is 11.9. The van der Waals surface area contributed by atoms with Crippen molar-refractivity contribution < 1.29 is 9.47 Å². The Hall–Kier alpha value is -2.61. The number of benzene rings is 2. The van der Waals surface area contributed by atoms with E-state index >= 15 is 0 Å². The molecule has 0 saturated carbocycles. The molecule has 7 heteroatoms. The predicted octanol–water partition coefficient (Wildman–Crippen LogP) is 4.26. The van der Waals surface area contributed by atoms with Crippen LogP contribution >= 0.6 is 11.3 Å². The molecule has 1 aromatic heterocycles. The zero-order valence-electron chi connectivity index (χ0n) is 19.2. The second-order valence-electron chi connectivity index (χ2n) is 8.28. The first-order valence-electron chi connectivity index (χ1n) is 11.0. The number of rotatable bonds is 9. The third-order valence-electron chi connectivity index (χ3n) is 5.61. The van der Waals surface area contributed by atoms with E-state index in [9.17, 15) is 0 Å². The quantitative estimate of drug-likeness (QED) is 0.483. The van der Waals surface area contributed by atoms with Gasteiger partial charge in [0.1, 0.15) is 5.75 Å². The summed E-state index contributed by atoms with van der Waals surface area (Å²) in [5, 5.41) is 3.24. The van der Waals surface area contributed by atoms with Crippen molar-refractivity contribution in [3.63, 3.8) is 0 Å². The summed E-state index contributed by atoms with van der Waals surface area (Å²) in [5.74, 6) is 0.879. The van der Waals surface area contributed by atoms with E-state index in [0.717, 1.165) is 62.5 Å². The molecule has 0 unspecified atom stereocenters. The van der Waals surface area contributed by atoms with Crippen molar-refractivity contribution in [2.45, 2.75) is 19.6 Å². The highest BCUT2D eigenvalue weighted by molar-refractivity contribution is 7.13.